The van der Waals surface area contributed by atoms with E-state index in [1.54, 1.807) is 25.1 Å². The molecule has 0 bridgehead atoms. The maximum absolute atomic E-state index is 12.9. The van der Waals surface area contributed by atoms with Crippen molar-refractivity contribution in [2.75, 3.05) is 0 Å². The van der Waals surface area contributed by atoms with Gasteiger partial charge in [-0.2, -0.15) is 5.01 Å². The van der Waals surface area contributed by atoms with E-state index in [9.17, 15) is 14.4 Å². The number of benzene rings is 2. The third-order valence-electron chi connectivity index (χ3n) is 5.24. The first-order chi connectivity index (χ1) is 14.5. The fraction of sp³-hybridized carbons (Fsp3) is 0.174. The van der Waals surface area contributed by atoms with Crippen LogP contribution >= 0.6 is 0 Å². The molecular formula is C23H22N4O3. The standard InChI is InChI=1S/C23H22N4O3/c1-23(13-12-17-8-3-2-4-9-17)21(29)27(22(30)24-23)25-20(28)18-10-7-11-19(16-18)26-14-5-6-15-26/h2-11,14-16H,12-13H2,1H3,(H,24,30)(H,25,28). The minimum atomic E-state index is -1.08. The van der Waals surface area contributed by atoms with Gasteiger partial charge >= 0.3 is 6.03 Å². The molecule has 2 aromatic carbocycles. The smallest absolute Gasteiger partial charge is 0.324 e. The Morgan fingerprint density at radius 1 is 1.00 bits per heavy atom. The molecule has 0 aliphatic carbocycles. The molecule has 0 saturated carbocycles. The van der Waals surface area contributed by atoms with E-state index in [1.165, 1.54) is 0 Å². The minimum Gasteiger partial charge on any atom is -0.324 e. The molecule has 30 heavy (non-hydrogen) atoms. The number of aromatic nitrogens is 1. The molecule has 4 amide bonds. The van der Waals surface area contributed by atoms with Crippen LogP contribution in [-0.4, -0.2) is 33.0 Å². The van der Waals surface area contributed by atoms with Crippen LogP contribution in [0.2, 0.25) is 0 Å². The molecule has 1 atom stereocenters. The van der Waals surface area contributed by atoms with Crippen LogP contribution in [0, 0.1) is 0 Å². The number of aryl methyl sites for hydroxylation is 1. The number of carbonyl (C=O) groups is 3. The molecule has 7 nitrogen and oxygen atoms in total. The Morgan fingerprint density at radius 2 is 1.73 bits per heavy atom. The highest BCUT2D eigenvalue weighted by Crippen LogP contribution is 2.22. The van der Waals surface area contributed by atoms with Gasteiger partial charge in [0.25, 0.3) is 11.8 Å². The summed E-state index contributed by atoms with van der Waals surface area (Å²) in [5.41, 5.74) is 3.59. The van der Waals surface area contributed by atoms with E-state index in [0.29, 0.717) is 18.4 Å². The van der Waals surface area contributed by atoms with E-state index in [2.05, 4.69) is 10.7 Å². The number of imide groups is 1. The average Bonchev–Trinajstić information content (AvgIpc) is 3.37. The van der Waals surface area contributed by atoms with Crippen LogP contribution in [0.3, 0.4) is 0 Å². The van der Waals surface area contributed by atoms with Crippen LogP contribution in [0.1, 0.15) is 29.3 Å². The SMILES string of the molecule is CC1(CCc2ccccc2)NC(=O)N(NC(=O)c2cccc(-n3cccc3)c2)C1=O. The molecule has 1 fully saturated rings. The molecule has 152 valence electrons. The average molecular weight is 402 g/mol. The summed E-state index contributed by atoms with van der Waals surface area (Å²) in [5, 5.41) is 3.48. The number of rotatable bonds is 6. The summed E-state index contributed by atoms with van der Waals surface area (Å²) in [5.74, 6) is -1.00. The summed E-state index contributed by atoms with van der Waals surface area (Å²) in [6.07, 6.45) is 4.79. The van der Waals surface area contributed by atoms with Crippen LogP contribution in [0.5, 0.6) is 0 Å². The summed E-state index contributed by atoms with van der Waals surface area (Å²) in [6, 6.07) is 19.8. The van der Waals surface area contributed by atoms with Crippen molar-refractivity contribution in [1.82, 2.24) is 20.3 Å². The molecule has 1 aliphatic rings. The second kappa shape index (κ2) is 7.87. The maximum atomic E-state index is 12.9. The van der Waals surface area contributed by atoms with Crippen molar-refractivity contribution in [1.29, 1.82) is 0 Å². The lowest BCUT2D eigenvalue weighted by Gasteiger charge is -2.21. The van der Waals surface area contributed by atoms with E-state index in [4.69, 9.17) is 0 Å². The van der Waals surface area contributed by atoms with Gasteiger partial charge in [-0.25, -0.2) is 4.79 Å². The lowest BCUT2D eigenvalue weighted by atomic mass is 9.93. The summed E-state index contributed by atoms with van der Waals surface area (Å²) in [7, 11) is 0. The van der Waals surface area contributed by atoms with E-state index in [1.807, 2.05) is 65.5 Å². The number of nitrogens with zero attached hydrogens (tertiary/aromatic N) is 2. The lowest BCUT2D eigenvalue weighted by Crippen LogP contribution is -2.49. The first-order valence-electron chi connectivity index (χ1n) is 9.71. The quantitative estimate of drug-likeness (QED) is 0.622. The van der Waals surface area contributed by atoms with Crippen molar-refractivity contribution >= 4 is 17.8 Å². The van der Waals surface area contributed by atoms with Crippen molar-refractivity contribution in [2.45, 2.75) is 25.3 Å². The van der Waals surface area contributed by atoms with Crippen LogP contribution in [0.25, 0.3) is 5.69 Å². The normalized spacial score (nSPS) is 18.4. The van der Waals surface area contributed by atoms with Gasteiger partial charge in [0.1, 0.15) is 5.54 Å². The number of nitrogens with one attached hydrogen (secondary N) is 2. The number of amides is 4. The van der Waals surface area contributed by atoms with Gasteiger partial charge in [0.15, 0.2) is 0 Å². The highest BCUT2D eigenvalue weighted by atomic mass is 16.2. The third-order valence-corrected chi connectivity index (χ3v) is 5.24. The topological polar surface area (TPSA) is 83.4 Å². The Balaban J connectivity index is 1.45. The predicted octanol–water partition coefficient (Wildman–Crippen LogP) is 3.07. The summed E-state index contributed by atoms with van der Waals surface area (Å²) in [4.78, 5) is 38.0. The van der Waals surface area contributed by atoms with Gasteiger partial charge in [-0.1, -0.05) is 36.4 Å². The first-order valence-corrected chi connectivity index (χ1v) is 9.71. The molecule has 1 aromatic heterocycles. The van der Waals surface area contributed by atoms with E-state index >= 15 is 0 Å². The van der Waals surface area contributed by atoms with Crippen LogP contribution in [0.4, 0.5) is 4.79 Å². The molecule has 0 spiro atoms. The third kappa shape index (κ3) is 3.82. The van der Waals surface area contributed by atoms with Gasteiger partial charge in [-0.3, -0.25) is 15.0 Å². The summed E-state index contributed by atoms with van der Waals surface area (Å²) >= 11 is 0. The largest absolute Gasteiger partial charge is 0.344 e. The van der Waals surface area contributed by atoms with Gasteiger partial charge in [0.05, 0.1) is 0 Å². The van der Waals surface area contributed by atoms with Gasteiger partial charge in [0, 0.05) is 23.6 Å². The first kappa shape index (κ1) is 19.4. The number of urea groups is 1. The van der Waals surface area contributed by atoms with Crippen LogP contribution < -0.4 is 10.7 Å². The molecular weight excluding hydrogens is 380 g/mol. The highest BCUT2D eigenvalue weighted by Gasteiger charge is 2.48. The molecule has 1 unspecified atom stereocenters. The highest BCUT2D eigenvalue weighted by molar-refractivity contribution is 6.09. The van der Waals surface area contributed by atoms with Crippen molar-refractivity contribution in [3.63, 3.8) is 0 Å². The Hall–Kier alpha value is -3.87. The molecule has 7 heteroatoms. The zero-order chi connectivity index (χ0) is 21.1. The van der Waals surface area contributed by atoms with E-state index in [-0.39, 0.29) is 0 Å². The fourth-order valence-electron chi connectivity index (χ4n) is 3.47. The number of hydrogen-bond donors (Lipinski definition) is 2. The van der Waals surface area contributed by atoms with Crippen LogP contribution in [-0.2, 0) is 11.2 Å². The zero-order valence-corrected chi connectivity index (χ0v) is 16.5. The van der Waals surface area contributed by atoms with Crippen LogP contribution in [0.15, 0.2) is 79.1 Å². The molecule has 2 N–H and O–H groups in total. The molecule has 0 radical (unpaired) electrons. The number of hydrazine groups is 1. The van der Waals surface area contributed by atoms with E-state index < -0.39 is 23.4 Å². The molecule has 3 aromatic rings. The van der Waals surface area contributed by atoms with Gasteiger partial charge in [-0.15, -0.1) is 0 Å². The van der Waals surface area contributed by atoms with Gasteiger partial charge < -0.3 is 9.88 Å². The fourth-order valence-corrected chi connectivity index (χ4v) is 3.47. The van der Waals surface area contributed by atoms with Crippen molar-refractivity contribution < 1.29 is 14.4 Å². The van der Waals surface area contributed by atoms with Crippen molar-refractivity contribution in [2.24, 2.45) is 0 Å². The summed E-state index contributed by atoms with van der Waals surface area (Å²) < 4.78 is 1.87. The number of carbonyl (C=O) groups excluding carboxylic acids is 3. The van der Waals surface area contributed by atoms with E-state index in [0.717, 1.165) is 16.3 Å². The van der Waals surface area contributed by atoms with Gasteiger partial charge in [0.2, 0.25) is 0 Å². The molecule has 2 heterocycles. The number of hydrogen-bond acceptors (Lipinski definition) is 3. The Kier molecular flexibility index (Phi) is 5.10. The Morgan fingerprint density at radius 3 is 2.47 bits per heavy atom. The molecule has 4 rings (SSSR count). The second-order valence-corrected chi connectivity index (χ2v) is 7.47. The minimum absolute atomic E-state index is 0.347. The predicted molar refractivity (Wildman–Crippen MR) is 112 cm³/mol. The molecule has 1 aliphatic heterocycles. The van der Waals surface area contributed by atoms with Gasteiger partial charge in [-0.05, 0) is 55.7 Å². The Bertz CT molecular complexity index is 1080. The summed E-state index contributed by atoms with van der Waals surface area (Å²) in [6.45, 7) is 1.68. The molecule has 1 saturated heterocycles. The zero-order valence-electron chi connectivity index (χ0n) is 16.5. The second-order valence-electron chi connectivity index (χ2n) is 7.47. The maximum Gasteiger partial charge on any atom is 0.344 e. The van der Waals surface area contributed by atoms with Crippen molar-refractivity contribution in [3.8, 4) is 5.69 Å². The Labute approximate surface area is 174 Å². The monoisotopic (exact) mass is 402 g/mol. The lowest BCUT2D eigenvalue weighted by molar-refractivity contribution is -0.132. The van der Waals surface area contributed by atoms with Crippen molar-refractivity contribution in [3.05, 3.63) is 90.3 Å².